The molecule has 0 spiro atoms. The number of hydrogen-bond donors (Lipinski definition) is 1. The predicted molar refractivity (Wildman–Crippen MR) is 115 cm³/mol. The van der Waals surface area contributed by atoms with Crippen molar-refractivity contribution >= 4 is 34.4 Å². The molecule has 1 fully saturated rings. The summed E-state index contributed by atoms with van der Waals surface area (Å²) in [4.78, 5) is 31.7. The van der Waals surface area contributed by atoms with E-state index in [9.17, 15) is 9.59 Å². The third-order valence-corrected chi connectivity index (χ3v) is 5.68. The highest BCUT2D eigenvalue weighted by atomic mass is 35.5. The highest BCUT2D eigenvalue weighted by molar-refractivity contribution is 6.35. The van der Waals surface area contributed by atoms with Gasteiger partial charge in [-0.2, -0.15) is 0 Å². The second kappa shape index (κ2) is 8.81. The van der Waals surface area contributed by atoms with Crippen molar-refractivity contribution in [1.82, 2.24) is 15.2 Å². The smallest absolute Gasteiger partial charge is 0.328 e. The van der Waals surface area contributed by atoms with Crippen LogP contribution in [0.3, 0.4) is 0 Å². The van der Waals surface area contributed by atoms with Gasteiger partial charge in [0.25, 0.3) is 0 Å². The zero-order valence-corrected chi connectivity index (χ0v) is 17.3. The van der Waals surface area contributed by atoms with Gasteiger partial charge >= 0.3 is 5.97 Å². The van der Waals surface area contributed by atoms with Crippen LogP contribution in [0.25, 0.3) is 10.9 Å². The van der Waals surface area contributed by atoms with E-state index in [4.69, 9.17) is 16.3 Å². The molecule has 0 saturated carbocycles. The summed E-state index contributed by atoms with van der Waals surface area (Å²) in [6.45, 7) is 2.98. The predicted octanol–water partition coefficient (Wildman–Crippen LogP) is 3.49. The first kappa shape index (κ1) is 20.3. The second-order valence-electron chi connectivity index (χ2n) is 7.27. The maximum Gasteiger partial charge on any atom is 0.328 e. The lowest BCUT2D eigenvalue weighted by molar-refractivity contribution is -0.154. The number of aromatic nitrogens is 1. The average molecular weight is 424 g/mol. The Hall–Kier alpha value is -2.96. The molecule has 1 saturated heterocycles. The van der Waals surface area contributed by atoms with Crippen molar-refractivity contribution in [3.8, 4) is 0 Å². The molecule has 2 atom stereocenters. The van der Waals surface area contributed by atoms with Crippen molar-refractivity contribution < 1.29 is 14.3 Å². The summed E-state index contributed by atoms with van der Waals surface area (Å²) in [7, 11) is 0. The molecule has 30 heavy (non-hydrogen) atoms. The summed E-state index contributed by atoms with van der Waals surface area (Å²) >= 11 is 6.27. The number of nitrogens with one attached hydrogen (secondary N) is 1. The standard InChI is InChI=1S/C23H22ClN3O3/c1-15-22(28)26-11-12-27(15)21(23(29)30-14-16-5-3-2-4-6-16)17-7-8-18-19(24)9-10-25-20(18)13-17/h2-10,13,15,21H,11-12,14H2,1H3,(H,26,28)/t15-,21?/m0/s1. The number of halogens is 1. The van der Waals surface area contributed by atoms with E-state index in [1.54, 1.807) is 19.2 Å². The first-order chi connectivity index (χ1) is 14.5. The number of carbonyl (C=O) groups excluding carboxylic acids is 2. The zero-order chi connectivity index (χ0) is 21.1. The van der Waals surface area contributed by atoms with Gasteiger partial charge in [0, 0.05) is 24.7 Å². The number of esters is 1. The first-order valence-electron chi connectivity index (χ1n) is 9.83. The van der Waals surface area contributed by atoms with Gasteiger partial charge in [-0.15, -0.1) is 0 Å². The van der Waals surface area contributed by atoms with Gasteiger partial charge in [0.05, 0.1) is 16.6 Å². The normalized spacial score (nSPS) is 18.1. The fourth-order valence-electron chi connectivity index (χ4n) is 3.72. The Morgan fingerprint density at radius 3 is 2.87 bits per heavy atom. The molecule has 1 aliphatic rings. The van der Waals surface area contributed by atoms with E-state index in [0.717, 1.165) is 16.5 Å². The molecule has 2 heterocycles. The first-order valence-corrected chi connectivity index (χ1v) is 10.2. The van der Waals surface area contributed by atoms with Crippen LogP contribution in [0.5, 0.6) is 0 Å². The third-order valence-electron chi connectivity index (χ3n) is 5.35. The van der Waals surface area contributed by atoms with Crippen molar-refractivity contribution in [3.05, 3.63) is 76.9 Å². The van der Waals surface area contributed by atoms with Crippen LogP contribution < -0.4 is 5.32 Å². The number of pyridine rings is 1. The van der Waals surface area contributed by atoms with E-state index in [2.05, 4.69) is 10.3 Å². The number of rotatable bonds is 5. The highest BCUT2D eigenvalue weighted by Gasteiger charge is 2.37. The maximum absolute atomic E-state index is 13.2. The summed E-state index contributed by atoms with van der Waals surface area (Å²) in [5, 5.41) is 4.25. The minimum atomic E-state index is -0.722. The minimum absolute atomic E-state index is 0.107. The molecule has 7 heteroatoms. The summed E-state index contributed by atoms with van der Waals surface area (Å²) in [5.41, 5.74) is 2.31. The summed E-state index contributed by atoms with van der Waals surface area (Å²) in [6, 6.07) is 15.6. The molecule has 2 aromatic carbocycles. The van der Waals surface area contributed by atoms with Crippen LogP contribution in [0.2, 0.25) is 5.02 Å². The Kier molecular flexibility index (Phi) is 5.97. The lowest BCUT2D eigenvalue weighted by atomic mass is 10.00. The lowest BCUT2D eigenvalue weighted by Gasteiger charge is -2.37. The van der Waals surface area contributed by atoms with Crippen LogP contribution in [-0.2, 0) is 20.9 Å². The molecule has 1 N–H and O–H groups in total. The van der Waals surface area contributed by atoms with E-state index in [-0.39, 0.29) is 12.5 Å². The van der Waals surface area contributed by atoms with Crippen molar-refractivity contribution in [2.24, 2.45) is 0 Å². The van der Waals surface area contributed by atoms with Crippen LogP contribution in [0, 0.1) is 0 Å². The SMILES string of the molecule is C[C@H]1C(=O)NCCN1C(C(=O)OCc1ccccc1)c1ccc2c(Cl)ccnc2c1. The quantitative estimate of drug-likeness (QED) is 0.636. The van der Waals surface area contributed by atoms with Gasteiger partial charge < -0.3 is 10.1 Å². The van der Waals surface area contributed by atoms with E-state index in [1.165, 1.54) is 0 Å². The summed E-state index contributed by atoms with van der Waals surface area (Å²) in [6.07, 6.45) is 1.63. The molecular weight excluding hydrogens is 402 g/mol. The largest absolute Gasteiger partial charge is 0.459 e. The minimum Gasteiger partial charge on any atom is -0.459 e. The zero-order valence-electron chi connectivity index (χ0n) is 16.5. The van der Waals surface area contributed by atoms with Gasteiger partial charge in [-0.3, -0.25) is 14.7 Å². The van der Waals surface area contributed by atoms with Crippen molar-refractivity contribution in [2.45, 2.75) is 25.6 Å². The fraction of sp³-hybridized carbons (Fsp3) is 0.261. The summed E-state index contributed by atoms with van der Waals surface area (Å²) in [5.74, 6) is -0.508. The van der Waals surface area contributed by atoms with Gasteiger partial charge in [-0.25, -0.2) is 4.79 Å². The molecule has 1 amide bonds. The number of carbonyl (C=O) groups is 2. The van der Waals surface area contributed by atoms with E-state index >= 15 is 0 Å². The molecule has 0 bridgehead atoms. The molecule has 154 valence electrons. The van der Waals surface area contributed by atoms with Crippen LogP contribution in [0.4, 0.5) is 0 Å². The Morgan fingerprint density at radius 2 is 2.07 bits per heavy atom. The van der Waals surface area contributed by atoms with Crippen molar-refractivity contribution in [3.63, 3.8) is 0 Å². The monoisotopic (exact) mass is 423 g/mol. The molecule has 0 radical (unpaired) electrons. The van der Waals surface area contributed by atoms with Crippen LogP contribution in [-0.4, -0.2) is 40.9 Å². The fourth-order valence-corrected chi connectivity index (χ4v) is 3.94. The van der Waals surface area contributed by atoms with Crippen LogP contribution in [0.15, 0.2) is 60.8 Å². The maximum atomic E-state index is 13.2. The summed E-state index contributed by atoms with van der Waals surface area (Å²) < 4.78 is 5.66. The Labute approximate surface area is 179 Å². The second-order valence-corrected chi connectivity index (χ2v) is 7.68. The Bertz CT molecular complexity index is 1070. The van der Waals surface area contributed by atoms with E-state index < -0.39 is 18.1 Å². The van der Waals surface area contributed by atoms with Gasteiger partial charge in [-0.05, 0) is 30.2 Å². The Morgan fingerprint density at radius 1 is 1.27 bits per heavy atom. The molecule has 0 aliphatic carbocycles. The van der Waals surface area contributed by atoms with Gasteiger partial charge in [-0.1, -0.05) is 54.1 Å². The molecule has 6 nitrogen and oxygen atoms in total. The molecule has 4 rings (SSSR count). The van der Waals surface area contributed by atoms with Gasteiger partial charge in [0.1, 0.15) is 12.6 Å². The van der Waals surface area contributed by atoms with E-state index in [0.29, 0.717) is 23.6 Å². The number of fused-ring (bicyclic) bond motifs is 1. The molecule has 1 unspecified atom stereocenters. The average Bonchev–Trinajstić information content (AvgIpc) is 2.76. The molecular formula is C23H22ClN3O3. The number of amides is 1. The van der Waals surface area contributed by atoms with Gasteiger partial charge in [0.2, 0.25) is 5.91 Å². The number of ether oxygens (including phenoxy) is 1. The number of benzene rings is 2. The molecule has 1 aliphatic heterocycles. The molecule has 1 aromatic heterocycles. The highest BCUT2D eigenvalue weighted by Crippen LogP contribution is 2.30. The Balaban J connectivity index is 1.68. The lowest BCUT2D eigenvalue weighted by Crippen LogP contribution is -2.56. The van der Waals surface area contributed by atoms with Gasteiger partial charge in [0.15, 0.2) is 0 Å². The number of hydrogen-bond acceptors (Lipinski definition) is 5. The third kappa shape index (κ3) is 4.15. The van der Waals surface area contributed by atoms with Crippen LogP contribution >= 0.6 is 11.6 Å². The number of piperazine rings is 1. The molecule has 3 aromatic rings. The topological polar surface area (TPSA) is 71.5 Å². The van der Waals surface area contributed by atoms with E-state index in [1.807, 2.05) is 53.4 Å². The van der Waals surface area contributed by atoms with Crippen molar-refractivity contribution in [2.75, 3.05) is 13.1 Å². The van der Waals surface area contributed by atoms with Crippen molar-refractivity contribution in [1.29, 1.82) is 0 Å². The number of nitrogens with zero attached hydrogens (tertiary/aromatic N) is 2. The van der Waals surface area contributed by atoms with Crippen LogP contribution in [0.1, 0.15) is 24.1 Å².